The molecule has 1 aliphatic carbocycles. The number of thiophene rings is 1. The van der Waals surface area contributed by atoms with Gasteiger partial charge < -0.3 is 5.73 Å². The predicted octanol–water partition coefficient (Wildman–Crippen LogP) is 4.50. The van der Waals surface area contributed by atoms with Gasteiger partial charge in [-0.05, 0) is 62.8 Å². The summed E-state index contributed by atoms with van der Waals surface area (Å²) in [5.74, 6) is 1.70. The van der Waals surface area contributed by atoms with Crippen molar-refractivity contribution in [2.45, 2.75) is 71.5 Å². The van der Waals surface area contributed by atoms with E-state index in [4.69, 9.17) is 5.73 Å². The molecule has 0 spiro atoms. The van der Waals surface area contributed by atoms with Gasteiger partial charge in [0.1, 0.15) is 0 Å². The van der Waals surface area contributed by atoms with E-state index in [0.717, 1.165) is 24.9 Å². The van der Waals surface area contributed by atoms with Gasteiger partial charge in [0.25, 0.3) is 0 Å². The maximum Gasteiger partial charge on any atom is 0.0338 e. The third-order valence-corrected chi connectivity index (χ3v) is 6.28. The van der Waals surface area contributed by atoms with Crippen LogP contribution >= 0.6 is 11.3 Å². The maximum atomic E-state index is 6.29. The monoisotopic (exact) mass is 308 g/mol. The lowest BCUT2D eigenvalue weighted by Crippen LogP contribution is -2.57. The number of hydrogen-bond donors (Lipinski definition) is 1. The van der Waals surface area contributed by atoms with Crippen LogP contribution in [0, 0.1) is 11.8 Å². The summed E-state index contributed by atoms with van der Waals surface area (Å²) in [5, 5.41) is 2.18. The van der Waals surface area contributed by atoms with Crippen LogP contribution in [0.2, 0.25) is 0 Å². The van der Waals surface area contributed by atoms with E-state index in [9.17, 15) is 0 Å². The largest absolute Gasteiger partial charge is 0.329 e. The van der Waals surface area contributed by atoms with Crippen LogP contribution in [0.4, 0.5) is 0 Å². The van der Waals surface area contributed by atoms with Gasteiger partial charge in [0.2, 0.25) is 0 Å². The first-order chi connectivity index (χ1) is 9.98. The number of hydrogen-bond acceptors (Lipinski definition) is 3. The van der Waals surface area contributed by atoms with Crippen molar-refractivity contribution in [3.05, 3.63) is 22.4 Å². The van der Waals surface area contributed by atoms with Crippen LogP contribution < -0.4 is 5.73 Å². The minimum Gasteiger partial charge on any atom is -0.329 e. The molecule has 1 fully saturated rings. The van der Waals surface area contributed by atoms with Crippen molar-refractivity contribution >= 4 is 11.3 Å². The molecular formula is C18H32N2S. The molecule has 1 aromatic heterocycles. The van der Waals surface area contributed by atoms with Crippen molar-refractivity contribution in [1.29, 1.82) is 0 Å². The fourth-order valence-corrected chi connectivity index (χ4v) is 4.62. The average molecular weight is 309 g/mol. The van der Waals surface area contributed by atoms with Crippen molar-refractivity contribution in [1.82, 2.24) is 4.90 Å². The van der Waals surface area contributed by atoms with Gasteiger partial charge in [-0.25, -0.2) is 0 Å². The molecule has 0 atom stereocenters. The van der Waals surface area contributed by atoms with Crippen LogP contribution in [0.3, 0.4) is 0 Å². The molecule has 0 unspecified atom stereocenters. The van der Waals surface area contributed by atoms with Crippen LogP contribution in [0.15, 0.2) is 17.5 Å². The molecule has 2 nitrogen and oxygen atoms in total. The van der Waals surface area contributed by atoms with Gasteiger partial charge in [-0.2, -0.15) is 0 Å². The standard InChI is InChI=1S/C18H32N2S/c1-14(2)16-7-9-18(13-19,10-8-16)20(15(3)4)12-17-6-5-11-21-17/h5-6,11,14-16H,7-10,12-13,19H2,1-4H3. The van der Waals surface area contributed by atoms with Crippen LogP contribution in [0.1, 0.15) is 58.3 Å². The van der Waals surface area contributed by atoms with Gasteiger partial charge in [-0.3, -0.25) is 4.90 Å². The predicted molar refractivity (Wildman–Crippen MR) is 93.6 cm³/mol. The summed E-state index contributed by atoms with van der Waals surface area (Å²) in [6.07, 6.45) is 5.19. The Morgan fingerprint density at radius 2 is 1.95 bits per heavy atom. The highest BCUT2D eigenvalue weighted by molar-refractivity contribution is 7.09. The molecule has 21 heavy (non-hydrogen) atoms. The molecule has 2 N–H and O–H groups in total. The zero-order valence-electron chi connectivity index (χ0n) is 14.1. The van der Waals surface area contributed by atoms with Crippen LogP contribution in [-0.4, -0.2) is 23.0 Å². The Balaban J connectivity index is 2.12. The summed E-state index contributed by atoms with van der Waals surface area (Å²) in [4.78, 5) is 4.14. The molecule has 0 bridgehead atoms. The van der Waals surface area contributed by atoms with E-state index in [2.05, 4.69) is 50.1 Å². The Labute approximate surface area is 134 Å². The normalized spacial score (nSPS) is 27.0. The first-order valence-electron chi connectivity index (χ1n) is 8.47. The molecule has 1 heterocycles. The number of rotatable bonds is 6. The number of nitrogens with two attached hydrogens (primary N) is 1. The van der Waals surface area contributed by atoms with Crippen LogP contribution in [-0.2, 0) is 6.54 Å². The molecule has 1 aromatic rings. The highest BCUT2D eigenvalue weighted by Crippen LogP contribution is 2.40. The first kappa shape index (κ1) is 17.0. The molecule has 0 radical (unpaired) electrons. The van der Waals surface area contributed by atoms with Gasteiger partial charge in [-0.1, -0.05) is 19.9 Å². The second-order valence-corrected chi connectivity index (χ2v) is 8.34. The molecule has 0 amide bonds. The van der Waals surface area contributed by atoms with E-state index >= 15 is 0 Å². The minimum atomic E-state index is 0.212. The highest BCUT2D eigenvalue weighted by Gasteiger charge is 2.40. The van der Waals surface area contributed by atoms with Gasteiger partial charge in [0, 0.05) is 29.5 Å². The summed E-state index contributed by atoms with van der Waals surface area (Å²) in [5.41, 5.74) is 6.50. The van der Waals surface area contributed by atoms with E-state index in [1.165, 1.54) is 30.6 Å². The Morgan fingerprint density at radius 3 is 2.38 bits per heavy atom. The van der Waals surface area contributed by atoms with E-state index in [1.807, 2.05) is 11.3 Å². The van der Waals surface area contributed by atoms with Crippen molar-refractivity contribution < 1.29 is 0 Å². The van der Waals surface area contributed by atoms with Gasteiger partial charge in [0.05, 0.1) is 0 Å². The van der Waals surface area contributed by atoms with Crippen molar-refractivity contribution in [3.8, 4) is 0 Å². The van der Waals surface area contributed by atoms with E-state index in [0.29, 0.717) is 6.04 Å². The molecule has 1 saturated carbocycles. The molecule has 0 saturated heterocycles. The topological polar surface area (TPSA) is 29.3 Å². The fraction of sp³-hybridized carbons (Fsp3) is 0.778. The van der Waals surface area contributed by atoms with Gasteiger partial charge in [-0.15, -0.1) is 11.3 Å². The van der Waals surface area contributed by atoms with Crippen molar-refractivity contribution in [3.63, 3.8) is 0 Å². The Morgan fingerprint density at radius 1 is 1.29 bits per heavy atom. The zero-order chi connectivity index (χ0) is 15.5. The van der Waals surface area contributed by atoms with Gasteiger partial charge in [0.15, 0.2) is 0 Å². The smallest absolute Gasteiger partial charge is 0.0338 e. The quantitative estimate of drug-likeness (QED) is 0.838. The van der Waals surface area contributed by atoms with E-state index in [1.54, 1.807) is 0 Å². The molecule has 120 valence electrons. The third kappa shape index (κ3) is 3.88. The SMILES string of the molecule is CC(C)C1CCC(CN)(N(Cc2cccs2)C(C)C)CC1. The summed E-state index contributed by atoms with van der Waals surface area (Å²) in [6, 6.07) is 4.96. The van der Waals surface area contributed by atoms with Crippen molar-refractivity contribution in [2.24, 2.45) is 17.6 Å². The van der Waals surface area contributed by atoms with Crippen molar-refractivity contribution in [2.75, 3.05) is 6.54 Å². The Hall–Kier alpha value is -0.380. The molecule has 0 aliphatic heterocycles. The maximum absolute atomic E-state index is 6.29. The molecule has 2 rings (SSSR count). The fourth-order valence-electron chi connectivity index (χ4n) is 3.92. The lowest BCUT2D eigenvalue weighted by atomic mass is 9.71. The van der Waals surface area contributed by atoms with E-state index < -0.39 is 0 Å². The van der Waals surface area contributed by atoms with Gasteiger partial charge >= 0.3 is 0 Å². The molecule has 3 heteroatoms. The lowest BCUT2D eigenvalue weighted by molar-refractivity contribution is 0.00602. The number of nitrogens with zero attached hydrogens (tertiary/aromatic N) is 1. The summed E-state index contributed by atoms with van der Waals surface area (Å²) >= 11 is 1.86. The lowest BCUT2D eigenvalue weighted by Gasteiger charge is -2.50. The molecule has 0 aromatic carbocycles. The van der Waals surface area contributed by atoms with Crippen LogP contribution in [0.5, 0.6) is 0 Å². The first-order valence-corrected chi connectivity index (χ1v) is 9.35. The summed E-state index contributed by atoms with van der Waals surface area (Å²) < 4.78 is 0. The summed E-state index contributed by atoms with van der Waals surface area (Å²) in [7, 11) is 0. The third-order valence-electron chi connectivity index (χ3n) is 5.42. The second-order valence-electron chi connectivity index (χ2n) is 7.31. The molecular weight excluding hydrogens is 276 g/mol. The highest BCUT2D eigenvalue weighted by atomic mass is 32.1. The summed E-state index contributed by atoms with van der Waals surface area (Å²) in [6.45, 7) is 11.2. The Kier molecular flexibility index (Phi) is 5.87. The molecule has 1 aliphatic rings. The zero-order valence-corrected chi connectivity index (χ0v) is 15.0. The second kappa shape index (κ2) is 7.26. The average Bonchev–Trinajstić information content (AvgIpc) is 2.97. The van der Waals surface area contributed by atoms with Crippen LogP contribution in [0.25, 0.3) is 0 Å². The Bertz CT molecular complexity index is 403. The minimum absolute atomic E-state index is 0.212. The van der Waals surface area contributed by atoms with E-state index in [-0.39, 0.29) is 5.54 Å².